The zero-order valence-corrected chi connectivity index (χ0v) is 31.7. The molecule has 3 fully saturated rings. The lowest BCUT2D eigenvalue weighted by Gasteiger charge is -2.34. The molecule has 238 valence electrons. The highest BCUT2D eigenvalue weighted by molar-refractivity contribution is 9.11. The maximum atomic E-state index is 6.11. The molecule has 0 aromatic heterocycles. The fraction of sp³-hybridized carbons (Fsp3) is 0.471. The molecule has 0 amide bonds. The fourth-order valence-electron chi connectivity index (χ4n) is 5.03. The summed E-state index contributed by atoms with van der Waals surface area (Å²) in [4.78, 5) is 9.62. The first-order valence-corrected chi connectivity index (χ1v) is 17.7. The Balaban J connectivity index is 0.000000170. The van der Waals surface area contributed by atoms with Crippen LogP contribution in [0.5, 0.6) is 0 Å². The summed E-state index contributed by atoms with van der Waals surface area (Å²) in [5.41, 5.74) is 3.15. The van der Waals surface area contributed by atoms with E-state index in [1.54, 1.807) is 0 Å². The van der Waals surface area contributed by atoms with Gasteiger partial charge in [-0.3, -0.25) is 0 Å². The van der Waals surface area contributed by atoms with Crippen molar-refractivity contribution >= 4 is 71.7 Å². The first-order valence-electron chi connectivity index (χ1n) is 15.3. The first kappa shape index (κ1) is 35.5. The molecule has 0 atom stereocenters. The normalized spacial score (nSPS) is 20.0. The molecular weight excluding hydrogens is 747 g/mol. The van der Waals surface area contributed by atoms with Gasteiger partial charge < -0.3 is 28.9 Å². The van der Waals surface area contributed by atoms with Crippen LogP contribution in [0.1, 0.15) is 27.7 Å². The highest BCUT2D eigenvalue weighted by Gasteiger charge is 2.51. The van der Waals surface area contributed by atoms with E-state index in [0.717, 1.165) is 71.2 Å². The van der Waals surface area contributed by atoms with E-state index in [4.69, 9.17) is 9.31 Å². The van der Waals surface area contributed by atoms with Gasteiger partial charge in [0.1, 0.15) is 0 Å². The zero-order chi connectivity index (χ0) is 31.9. The van der Waals surface area contributed by atoms with E-state index in [2.05, 4.69) is 158 Å². The standard InChI is InChI=1S/C17H27BN2O2.C11H15BrN2.C6H4Br2/c1-16(2)17(3,4)22-18(21-16)14-6-8-15(9-7-14)20-12-10-19(5)11-13-20;1-13-6-8-14(9-7-13)11-4-2-10(12)3-5-11;7-5-1-2-6(8)4-3-5/h6-9H,10-13H2,1-5H3;2-5H,6-9H2,1H3;1-4H. The van der Waals surface area contributed by atoms with Crippen LogP contribution in [0.2, 0.25) is 0 Å². The smallest absolute Gasteiger partial charge is 0.399 e. The Bertz CT molecular complexity index is 1260. The Labute approximate surface area is 290 Å². The summed E-state index contributed by atoms with van der Waals surface area (Å²) in [5.74, 6) is 0. The van der Waals surface area contributed by atoms with Gasteiger partial charge in [0.05, 0.1) is 11.2 Å². The average molecular weight is 793 g/mol. The van der Waals surface area contributed by atoms with Gasteiger partial charge >= 0.3 is 7.12 Å². The van der Waals surface area contributed by atoms with Crippen molar-refractivity contribution in [3.05, 3.63) is 86.2 Å². The molecule has 44 heavy (non-hydrogen) atoms. The second kappa shape index (κ2) is 15.9. The van der Waals surface area contributed by atoms with Crippen molar-refractivity contribution in [1.82, 2.24) is 9.80 Å². The van der Waals surface area contributed by atoms with Gasteiger partial charge in [0.15, 0.2) is 0 Å². The van der Waals surface area contributed by atoms with Gasteiger partial charge in [-0.05, 0) is 108 Å². The summed E-state index contributed by atoms with van der Waals surface area (Å²) >= 11 is 10.1. The summed E-state index contributed by atoms with van der Waals surface area (Å²) in [6, 6.07) is 25.2. The van der Waals surface area contributed by atoms with Gasteiger partial charge in [-0.15, -0.1) is 0 Å². The second-order valence-corrected chi connectivity index (χ2v) is 15.4. The minimum Gasteiger partial charge on any atom is -0.399 e. The summed E-state index contributed by atoms with van der Waals surface area (Å²) in [6.07, 6.45) is 0. The molecular formula is C34H46BBr3N4O2. The van der Waals surface area contributed by atoms with Crippen LogP contribution in [-0.2, 0) is 9.31 Å². The van der Waals surface area contributed by atoms with Crippen LogP contribution in [-0.4, -0.2) is 94.6 Å². The molecule has 3 aromatic rings. The van der Waals surface area contributed by atoms with Crippen molar-refractivity contribution in [3.63, 3.8) is 0 Å². The molecule has 0 saturated carbocycles. The van der Waals surface area contributed by atoms with E-state index in [1.807, 2.05) is 24.3 Å². The topological polar surface area (TPSA) is 31.4 Å². The van der Waals surface area contributed by atoms with Crippen molar-refractivity contribution in [1.29, 1.82) is 0 Å². The number of hydrogen-bond donors (Lipinski definition) is 0. The van der Waals surface area contributed by atoms with E-state index in [-0.39, 0.29) is 18.3 Å². The van der Waals surface area contributed by atoms with Crippen molar-refractivity contribution in [2.75, 3.05) is 76.3 Å². The van der Waals surface area contributed by atoms with Crippen LogP contribution in [0.15, 0.2) is 86.2 Å². The molecule has 3 aromatic carbocycles. The Morgan fingerprint density at radius 2 is 0.795 bits per heavy atom. The summed E-state index contributed by atoms with van der Waals surface area (Å²) in [6.45, 7) is 17.4. The molecule has 6 rings (SSSR count). The second-order valence-electron chi connectivity index (χ2n) is 12.7. The van der Waals surface area contributed by atoms with Gasteiger partial charge in [0.2, 0.25) is 0 Å². The van der Waals surface area contributed by atoms with Gasteiger partial charge in [-0.25, -0.2) is 0 Å². The van der Waals surface area contributed by atoms with E-state index in [0.29, 0.717) is 0 Å². The average Bonchev–Trinajstić information content (AvgIpc) is 3.23. The number of nitrogens with zero attached hydrogens (tertiary/aromatic N) is 4. The van der Waals surface area contributed by atoms with E-state index < -0.39 is 0 Å². The minimum atomic E-state index is -0.284. The van der Waals surface area contributed by atoms with Crippen LogP contribution in [0.3, 0.4) is 0 Å². The highest BCUT2D eigenvalue weighted by atomic mass is 79.9. The minimum absolute atomic E-state index is 0.272. The number of anilines is 2. The lowest BCUT2D eigenvalue weighted by Crippen LogP contribution is -2.44. The molecule has 3 heterocycles. The number of halogens is 3. The van der Waals surface area contributed by atoms with Crippen LogP contribution in [0.25, 0.3) is 0 Å². The van der Waals surface area contributed by atoms with E-state index >= 15 is 0 Å². The van der Waals surface area contributed by atoms with Crippen molar-refractivity contribution < 1.29 is 9.31 Å². The SMILES string of the molecule is Brc1ccc(Br)cc1.CN1CCN(c2ccc(B3OC(C)(C)C(C)(C)O3)cc2)CC1.CN1CCN(c2ccc(Br)cc2)CC1. The Morgan fingerprint density at radius 3 is 1.14 bits per heavy atom. The third-order valence-corrected chi connectivity index (χ3v) is 10.4. The molecule has 3 aliphatic rings. The molecule has 10 heteroatoms. The number of piperazine rings is 2. The Morgan fingerprint density at radius 1 is 0.500 bits per heavy atom. The third-order valence-electron chi connectivity index (χ3n) is 8.79. The number of hydrogen-bond acceptors (Lipinski definition) is 6. The van der Waals surface area contributed by atoms with Gasteiger partial charge in [0.25, 0.3) is 0 Å². The van der Waals surface area contributed by atoms with Gasteiger partial charge in [-0.1, -0.05) is 59.9 Å². The highest BCUT2D eigenvalue weighted by Crippen LogP contribution is 2.36. The lowest BCUT2D eigenvalue weighted by atomic mass is 9.79. The third kappa shape index (κ3) is 10.1. The molecule has 0 N–H and O–H groups in total. The monoisotopic (exact) mass is 790 g/mol. The summed E-state index contributed by atoms with van der Waals surface area (Å²) in [5, 5.41) is 0. The number of benzene rings is 3. The predicted molar refractivity (Wildman–Crippen MR) is 198 cm³/mol. The van der Waals surface area contributed by atoms with Gasteiger partial charge in [0, 0.05) is 77.2 Å². The molecule has 0 radical (unpaired) electrons. The number of likely N-dealkylation sites (N-methyl/N-ethyl adjacent to an activating group) is 2. The van der Waals surface area contributed by atoms with Crippen molar-refractivity contribution in [2.24, 2.45) is 0 Å². The predicted octanol–water partition coefficient (Wildman–Crippen LogP) is 7.15. The largest absolute Gasteiger partial charge is 0.494 e. The molecule has 0 unspecified atom stereocenters. The zero-order valence-electron chi connectivity index (χ0n) is 26.9. The maximum absolute atomic E-state index is 6.11. The molecule has 0 bridgehead atoms. The van der Waals surface area contributed by atoms with Crippen LogP contribution in [0, 0.1) is 0 Å². The summed E-state index contributed by atoms with van der Waals surface area (Å²) < 4.78 is 15.6. The first-order chi connectivity index (χ1) is 20.8. The maximum Gasteiger partial charge on any atom is 0.494 e. The van der Waals surface area contributed by atoms with E-state index in [1.165, 1.54) is 11.4 Å². The molecule has 3 saturated heterocycles. The van der Waals surface area contributed by atoms with Crippen LogP contribution >= 0.6 is 47.8 Å². The van der Waals surface area contributed by atoms with E-state index in [9.17, 15) is 0 Å². The summed E-state index contributed by atoms with van der Waals surface area (Å²) in [7, 11) is 4.09. The molecule has 0 aliphatic carbocycles. The fourth-order valence-corrected chi connectivity index (χ4v) is 5.83. The molecule has 0 spiro atoms. The number of rotatable bonds is 3. The lowest BCUT2D eigenvalue weighted by molar-refractivity contribution is 0.00578. The Hall–Kier alpha value is -1.40. The van der Waals surface area contributed by atoms with Crippen LogP contribution in [0.4, 0.5) is 11.4 Å². The molecule has 3 aliphatic heterocycles. The van der Waals surface area contributed by atoms with Crippen molar-refractivity contribution in [2.45, 2.75) is 38.9 Å². The van der Waals surface area contributed by atoms with Crippen LogP contribution < -0.4 is 15.3 Å². The van der Waals surface area contributed by atoms with Gasteiger partial charge in [-0.2, -0.15) is 0 Å². The quantitative estimate of drug-likeness (QED) is 0.262. The Kier molecular flexibility index (Phi) is 12.8. The van der Waals surface area contributed by atoms with Crippen molar-refractivity contribution in [3.8, 4) is 0 Å². The molecule has 6 nitrogen and oxygen atoms in total.